The fourth-order valence-electron chi connectivity index (χ4n) is 2.78. The lowest BCUT2D eigenvalue weighted by Crippen LogP contribution is -2.30. The highest BCUT2D eigenvalue weighted by atomic mass is 19.1. The normalized spacial score (nSPS) is 23.9. The maximum atomic E-state index is 13.7. The minimum atomic E-state index is -0.257. The lowest BCUT2D eigenvalue weighted by Gasteiger charge is -2.21. The van der Waals surface area contributed by atoms with Gasteiger partial charge in [0.05, 0.1) is 7.11 Å². The highest BCUT2D eigenvalue weighted by Gasteiger charge is 2.28. The van der Waals surface area contributed by atoms with Crippen LogP contribution in [-0.4, -0.2) is 19.7 Å². The Bertz CT molecular complexity index is 380. The van der Waals surface area contributed by atoms with E-state index in [0.29, 0.717) is 17.7 Å². The molecule has 0 amide bonds. The molecule has 0 saturated heterocycles. The lowest BCUT2D eigenvalue weighted by molar-refractivity contribution is 0.385. The zero-order chi connectivity index (χ0) is 12.3. The molecule has 0 heterocycles. The van der Waals surface area contributed by atoms with Gasteiger partial charge in [0.1, 0.15) is 0 Å². The van der Waals surface area contributed by atoms with E-state index in [-0.39, 0.29) is 5.82 Å². The summed E-state index contributed by atoms with van der Waals surface area (Å²) in [6.45, 7) is 3.09. The molecule has 94 valence electrons. The SMILES string of the molecule is CCNC1CCCC1c1ccc(OC)c(F)c1. The third-order valence-electron chi connectivity index (χ3n) is 3.59. The van der Waals surface area contributed by atoms with E-state index in [0.717, 1.165) is 18.5 Å². The van der Waals surface area contributed by atoms with E-state index in [9.17, 15) is 4.39 Å². The predicted molar refractivity (Wildman–Crippen MR) is 67.0 cm³/mol. The van der Waals surface area contributed by atoms with Crippen LogP contribution >= 0.6 is 0 Å². The molecular weight excluding hydrogens is 217 g/mol. The van der Waals surface area contributed by atoms with Gasteiger partial charge in [0.25, 0.3) is 0 Å². The largest absolute Gasteiger partial charge is 0.494 e. The molecule has 0 aliphatic heterocycles. The molecule has 1 N–H and O–H groups in total. The molecule has 0 radical (unpaired) electrons. The Morgan fingerprint density at radius 1 is 1.41 bits per heavy atom. The molecule has 1 saturated carbocycles. The van der Waals surface area contributed by atoms with Crippen LogP contribution in [-0.2, 0) is 0 Å². The van der Waals surface area contributed by atoms with Crippen LogP contribution in [0.25, 0.3) is 0 Å². The van der Waals surface area contributed by atoms with Crippen molar-refractivity contribution in [2.75, 3.05) is 13.7 Å². The van der Waals surface area contributed by atoms with Crippen LogP contribution in [0.5, 0.6) is 5.75 Å². The van der Waals surface area contributed by atoms with E-state index in [1.54, 1.807) is 12.1 Å². The molecule has 1 aliphatic carbocycles. The average Bonchev–Trinajstić information content (AvgIpc) is 2.78. The topological polar surface area (TPSA) is 21.3 Å². The maximum absolute atomic E-state index is 13.7. The Kier molecular flexibility index (Phi) is 4.00. The molecule has 2 nitrogen and oxygen atoms in total. The zero-order valence-electron chi connectivity index (χ0n) is 10.5. The van der Waals surface area contributed by atoms with Crippen molar-refractivity contribution in [2.24, 2.45) is 0 Å². The number of ether oxygens (including phenoxy) is 1. The number of hydrogen-bond donors (Lipinski definition) is 1. The van der Waals surface area contributed by atoms with Gasteiger partial charge in [-0.15, -0.1) is 0 Å². The monoisotopic (exact) mass is 237 g/mol. The van der Waals surface area contributed by atoms with E-state index in [2.05, 4.69) is 12.2 Å². The van der Waals surface area contributed by atoms with Crippen molar-refractivity contribution in [3.8, 4) is 5.75 Å². The third kappa shape index (κ3) is 2.60. The Morgan fingerprint density at radius 3 is 2.88 bits per heavy atom. The van der Waals surface area contributed by atoms with Crippen LogP contribution < -0.4 is 10.1 Å². The van der Waals surface area contributed by atoms with Gasteiger partial charge < -0.3 is 10.1 Å². The van der Waals surface area contributed by atoms with Crippen molar-refractivity contribution in [3.63, 3.8) is 0 Å². The standard InChI is InChI=1S/C14H20FNO/c1-3-16-13-6-4-5-11(13)10-7-8-14(17-2)12(15)9-10/h7-9,11,13,16H,3-6H2,1-2H3. The number of halogens is 1. The second-order valence-electron chi connectivity index (χ2n) is 4.60. The van der Waals surface area contributed by atoms with Crippen LogP contribution in [0.4, 0.5) is 4.39 Å². The molecule has 1 fully saturated rings. The van der Waals surface area contributed by atoms with E-state index >= 15 is 0 Å². The van der Waals surface area contributed by atoms with Crippen LogP contribution in [0.3, 0.4) is 0 Å². The average molecular weight is 237 g/mol. The Hall–Kier alpha value is -1.09. The van der Waals surface area contributed by atoms with Gasteiger partial charge >= 0.3 is 0 Å². The molecular formula is C14H20FNO. The summed E-state index contributed by atoms with van der Waals surface area (Å²) < 4.78 is 18.6. The number of benzene rings is 1. The van der Waals surface area contributed by atoms with Gasteiger partial charge in [-0.05, 0) is 43.0 Å². The lowest BCUT2D eigenvalue weighted by atomic mass is 9.94. The molecule has 0 aromatic heterocycles. The first-order valence-electron chi connectivity index (χ1n) is 6.33. The van der Waals surface area contributed by atoms with Crippen LogP contribution in [0.2, 0.25) is 0 Å². The zero-order valence-corrected chi connectivity index (χ0v) is 10.5. The summed E-state index contributed by atoms with van der Waals surface area (Å²) in [7, 11) is 1.50. The molecule has 2 unspecified atom stereocenters. The fourth-order valence-corrected chi connectivity index (χ4v) is 2.78. The number of methoxy groups -OCH3 is 1. The van der Waals surface area contributed by atoms with Gasteiger partial charge in [0.2, 0.25) is 0 Å². The Labute approximate surface area is 102 Å². The first-order valence-corrected chi connectivity index (χ1v) is 6.33. The van der Waals surface area contributed by atoms with Crippen molar-refractivity contribution in [1.29, 1.82) is 0 Å². The predicted octanol–water partition coefficient (Wildman–Crippen LogP) is 3.08. The summed E-state index contributed by atoms with van der Waals surface area (Å²) in [5.74, 6) is 0.509. The second kappa shape index (κ2) is 5.50. The highest BCUT2D eigenvalue weighted by Crippen LogP contribution is 2.35. The molecule has 1 aromatic rings. The van der Waals surface area contributed by atoms with Crippen LogP contribution in [0.1, 0.15) is 37.7 Å². The molecule has 3 heteroatoms. The summed E-state index contributed by atoms with van der Waals surface area (Å²) in [6.07, 6.45) is 3.55. The summed E-state index contributed by atoms with van der Waals surface area (Å²) in [4.78, 5) is 0. The Balaban J connectivity index is 2.18. The molecule has 17 heavy (non-hydrogen) atoms. The van der Waals surface area contributed by atoms with Gasteiger partial charge in [0.15, 0.2) is 11.6 Å². The van der Waals surface area contributed by atoms with Crippen molar-refractivity contribution in [3.05, 3.63) is 29.6 Å². The van der Waals surface area contributed by atoms with Gasteiger partial charge in [-0.1, -0.05) is 19.4 Å². The van der Waals surface area contributed by atoms with Crippen molar-refractivity contribution in [1.82, 2.24) is 5.32 Å². The van der Waals surface area contributed by atoms with Crippen molar-refractivity contribution >= 4 is 0 Å². The van der Waals surface area contributed by atoms with E-state index < -0.39 is 0 Å². The van der Waals surface area contributed by atoms with Gasteiger partial charge in [0, 0.05) is 6.04 Å². The highest BCUT2D eigenvalue weighted by molar-refractivity contribution is 5.32. The minimum absolute atomic E-state index is 0.257. The van der Waals surface area contributed by atoms with Crippen molar-refractivity contribution in [2.45, 2.75) is 38.1 Å². The minimum Gasteiger partial charge on any atom is -0.494 e. The van der Waals surface area contributed by atoms with Crippen molar-refractivity contribution < 1.29 is 9.13 Å². The van der Waals surface area contributed by atoms with Crippen LogP contribution in [0, 0.1) is 5.82 Å². The van der Waals surface area contributed by atoms with Gasteiger partial charge in [-0.25, -0.2) is 4.39 Å². The summed E-state index contributed by atoms with van der Waals surface area (Å²) in [5.41, 5.74) is 1.09. The summed E-state index contributed by atoms with van der Waals surface area (Å²) >= 11 is 0. The molecule has 1 aromatic carbocycles. The summed E-state index contributed by atoms with van der Waals surface area (Å²) in [5, 5.41) is 3.49. The summed E-state index contributed by atoms with van der Waals surface area (Å²) in [6, 6.07) is 5.83. The number of rotatable bonds is 4. The van der Waals surface area contributed by atoms with Crippen LogP contribution in [0.15, 0.2) is 18.2 Å². The number of likely N-dealkylation sites (N-methyl/N-ethyl adjacent to an activating group) is 1. The van der Waals surface area contributed by atoms with E-state index in [1.165, 1.54) is 20.0 Å². The number of nitrogens with one attached hydrogen (secondary N) is 1. The Morgan fingerprint density at radius 2 is 2.24 bits per heavy atom. The van der Waals surface area contributed by atoms with Gasteiger partial charge in [-0.3, -0.25) is 0 Å². The smallest absolute Gasteiger partial charge is 0.165 e. The molecule has 2 rings (SSSR count). The molecule has 1 aliphatic rings. The van der Waals surface area contributed by atoms with E-state index in [1.807, 2.05) is 6.07 Å². The fraction of sp³-hybridized carbons (Fsp3) is 0.571. The van der Waals surface area contributed by atoms with E-state index in [4.69, 9.17) is 4.74 Å². The first-order chi connectivity index (χ1) is 8.26. The molecule has 0 spiro atoms. The quantitative estimate of drug-likeness (QED) is 0.869. The molecule has 2 atom stereocenters. The second-order valence-corrected chi connectivity index (χ2v) is 4.60. The third-order valence-corrected chi connectivity index (χ3v) is 3.59. The first kappa shape index (κ1) is 12.4. The van der Waals surface area contributed by atoms with Gasteiger partial charge in [-0.2, -0.15) is 0 Å². The maximum Gasteiger partial charge on any atom is 0.165 e. The number of hydrogen-bond acceptors (Lipinski definition) is 2. The molecule has 0 bridgehead atoms.